The monoisotopic (exact) mass is 380 g/mol. The molecule has 0 aliphatic heterocycles. The van der Waals surface area contributed by atoms with Crippen LogP contribution < -0.4 is 0 Å². The first-order valence-corrected chi connectivity index (χ1v) is 12.5. The Bertz CT molecular complexity index is 553. The summed E-state index contributed by atoms with van der Waals surface area (Å²) in [4.78, 5) is 11.5. The Morgan fingerprint density at radius 2 is 1.96 bits per heavy atom. The van der Waals surface area contributed by atoms with E-state index in [1.54, 1.807) is 6.26 Å². The van der Waals surface area contributed by atoms with Gasteiger partial charge in [-0.15, -0.1) is 0 Å². The molecule has 0 N–H and O–H groups in total. The number of ether oxygens (including phenoxy) is 1. The largest absolute Gasteiger partial charge is 0.467 e. The summed E-state index contributed by atoms with van der Waals surface area (Å²) in [5.74, 6) is 0.753. The van der Waals surface area contributed by atoms with Crippen LogP contribution in [-0.4, -0.2) is 20.4 Å². The second kappa shape index (κ2) is 10.1. The van der Waals surface area contributed by atoms with Crippen molar-refractivity contribution in [2.45, 2.75) is 90.6 Å². The highest BCUT2D eigenvalue weighted by molar-refractivity contribution is 6.74. The molecule has 0 aromatic carbocycles. The van der Waals surface area contributed by atoms with Crippen LogP contribution in [0.3, 0.4) is 0 Å². The van der Waals surface area contributed by atoms with Crippen LogP contribution in [0.2, 0.25) is 18.1 Å². The minimum atomic E-state index is -1.89. The van der Waals surface area contributed by atoms with Crippen molar-refractivity contribution in [2.75, 3.05) is 0 Å². The fourth-order valence-corrected chi connectivity index (χ4v) is 3.53. The molecule has 0 fully saturated rings. The third kappa shape index (κ3) is 7.91. The number of esters is 1. The Labute approximate surface area is 160 Å². The Morgan fingerprint density at radius 1 is 1.27 bits per heavy atom. The molecule has 0 aliphatic carbocycles. The van der Waals surface area contributed by atoms with Gasteiger partial charge in [0.1, 0.15) is 11.9 Å². The third-order valence-electron chi connectivity index (χ3n) is 4.74. The smallest absolute Gasteiger partial charge is 0.306 e. The summed E-state index contributed by atoms with van der Waals surface area (Å²) in [7, 11) is -1.89. The number of rotatable bonds is 10. The van der Waals surface area contributed by atoms with Gasteiger partial charge in [-0.3, -0.25) is 4.79 Å². The molecule has 1 aromatic rings. The highest BCUT2D eigenvalue weighted by Crippen LogP contribution is 2.40. The number of hydrogen-bond donors (Lipinski definition) is 0. The molecule has 1 unspecified atom stereocenters. The first kappa shape index (κ1) is 22.7. The van der Waals surface area contributed by atoms with Crippen LogP contribution in [0.15, 0.2) is 35.0 Å². The fraction of sp³-hybridized carbons (Fsp3) is 0.667. The quantitative estimate of drug-likeness (QED) is 0.204. The van der Waals surface area contributed by atoms with Gasteiger partial charge < -0.3 is 13.6 Å². The van der Waals surface area contributed by atoms with E-state index in [2.05, 4.69) is 46.0 Å². The zero-order valence-corrected chi connectivity index (χ0v) is 18.5. The standard InChI is InChI=1S/C21H36O4Si/c1-17(2)24-20(22)15-11-9-8-10-13-19(18-14-12-16-23-18)25-26(6,7)21(3,4)5/h8,10,12,14,16-17,19H,9,11,13,15H2,1-7H3/b10-8-. The van der Waals surface area contributed by atoms with E-state index in [1.165, 1.54) is 0 Å². The van der Waals surface area contributed by atoms with Crippen molar-refractivity contribution in [3.8, 4) is 0 Å². The van der Waals surface area contributed by atoms with E-state index in [0.717, 1.165) is 25.0 Å². The van der Waals surface area contributed by atoms with E-state index in [9.17, 15) is 4.79 Å². The molecular weight excluding hydrogens is 344 g/mol. The van der Waals surface area contributed by atoms with Crippen molar-refractivity contribution in [1.82, 2.24) is 0 Å². The summed E-state index contributed by atoms with van der Waals surface area (Å²) in [6.07, 6.45) is 8.74. The van der Waals surface area contributed by atoms with Crippen molar-refractivity contribution in [1.29, 1.82) is 0 Å². The second-order valence-corrected chi connectivity index (χ2v) is 13.3. The topological polar surface area (TPSA) is 48.7 Å². The predicted octanol–water partition coefficient (Wildman–Crippen LogP) is 6.41. The van der Waals surface area contributed by atoms with Gasteiger partial charge in [0.2, 0.25) is 0 Å². The first-order valence-electron chi connectivity index (χ1n) is 9.58. The van der Waals surface area contributed by atoms with Gasteiger partial charge in [-0.2, -0.15) is 0 Å². The molecule has 1 atom stereocenters. The lowest BCUT2D eigenvalue weighted by atomic mass is 10.1. The predicted molar refractivity (Wildman–Crippen MR) is 109 cm³/mol. The van der Waals surface area contributed by atoms with Gasteiger partial charge in [0.25, 0.3) is 0 Å². The van der Waals surface area contributed by atoms with Gasteiger partial charge in [0.15, 0.2) is 8.32 Å². The average molecular weight is 381 g/mol. The lowest BCUT2D eigenvalue weighted by Crippen LogP contribution is -2.41. The molecule has 0 bridgehead atoms. The average Bonchev–Trinajstić information content (AvgIpc) is 3.01. The third-order valence-corrected chi connectivity index (χ3v) is 9.23. The molecule has 1 heterocycles. The Hall–Kier alpha value is -1.33. The van der Waals surface area contributed by atoms with Crippen LogP contribution in [0.4, 0.5) is 0 Å². The molecule has 5 heteroatoms. The van der Waals surface area contributed by atoms with Crippen molar-refractivity contribution in [3.63, 3.8) is 0 Å². The molecule has 0 spiro atoms. The van der Waals surface area contributed by atoms with Crippen LogP contribution >= 0.6 is 0 Å². The van der Waals surface area contributed by atoms with Crippen LogP contribution in [0.1, 0.15) is 72.2 Å². The van der Waals surface area contributed by atoms with E-state index >= 15 is 0 Å². The summed E-state index contributed by atoms with van der Waals surface area (Å²) in [5.41, 5.74) is 0. The van der Waals surface area contributed by atoms with Crippen LogP contribution in [0, 0.1) is 0 Å². The highest BCUT2D eigenvalue weighted by Gasteiger charge is 2.39. The summed E-state index contributed by atoms with van der Waals surface area (Å²) in [5, 5.41) is 0.151. The molecule has 0 amide bonds. The summed E-state index contributed by atoms with van der Waals surface area (Å²) in [6.45, 7) is 15.0. The van der Waals surface area contributed by atoms with Gasteiger partial charge in [-0.25, -0.2) is 0 Å². The van der Waals surface area contributed by atoms with Gasteiger partial charge in [-0.05, 0) is 63.4 Å². The van der Waals surface area contributed by atoms with Crippen LogP contribution in [0.5, 0.6) is 0 Å². The molecule has 0 saturated carbocycles. The zero-order chi connectivity index (χ0) is 19.8. The number of unbranched alkanes of at least 4 members (excludes halogenated alkanes) is 1. The molecule has 26 heavy (non-hydrogen) atoms. The van der Waals surface area contributed by atoms with E-state index < -0.39 is 8.32 Å². The maximum absolute atomic E-state index is 11.5. The number of carbonyl (C=O) groups excluding carboxylic acids is 1. The van der Waals surface area contributed by atoms with E-state index in [1.807, 2.05) is 26.0 Å². The van der Waals surface area contributed by atoms with Gasteiger partial charge in [0, 0.05) is 6.42 Å². The normalized spacial score (nSPS) is 14.2. The summed E-state index contributed by atoms with van der Waals surface area (Å²) in [6, 6.07) is 3.88. The van der Waals surface area contributed by atoms with Gasteiger partial charge in [-0.1, -0.05) is 32.9 Å². The molecule has 0 aliphatic rings. The lowest BCUT2D eigenvalue weighted by molar-refractivity contribution is -0.147. The zero-order valence-electron chi connectivity index (χ0n) is 17.5. The SMILES string of the molecule is CC(C)OC(=O)CCC/C=C\CC(O[Si](C)(C)C(C)(C)C)c1ccco1. The van der Waals surface area contributed by atoms with Crippen molar-refractivity contribution in [2.24, 2.45) is 0 Å². The van der Waals surface area contributed by atoms with Crippen molar-refractivity contribution in [3.05, 3.63) is 36.3 Å². The Morgan fingerprint density at radius 3 is 2.50 bits per heavy atom. The lowest BCUT2D eigenvalue weighted by Gasteiger charge is -2.38. The maximum Gasteiger partial charge on any atom is 0.306 e. The summed E-state index contributed by atoms with van der Waals surface area (Å²) >= 11 is 0. The van der Waals surface area contributed by atoms with Gasteiger partial charge in [0.05, 0.1) is 12.4 Å². The maximum atomic E-state index is 11.5. The van der Waals surface area contributed by atoms with Crippen molar-refractivity contribution >= 4 is 14.3 Å². The second-order valence-electron chi connectivity index (χ2n) is 8.52. The molecule has 148 valence electrons. The molecule has 0 radical (unpaired) electrons. The molecular formula is C21H36O4Si. The Balaban J connectivity index is 2.54. The molecule has 1 aromatic heterocycles. The Kier molecular flexibility index (Phi) is 8.84. The first-order chi connectivity index (χ1) is 12.0. The molecule has 1 rings (SSSR count). The van der Waals surface area contributed by atoms with Crippen LogP contribution in [0.25, 0.3) is 0 Å². The summed E-state index contributed by atoms with van der Waals surface area (Å²) < 4.78 is 17.3. The van der Waals surface area contributed by atoms with E-state index in [-0.39, 0.29) is 23.2 Å². The fourth-order valence-electron chi connectivity index (χ4n) is 2.25. The highest BCUT2D eigenvalue weighted by atomic mass is 28.4. The van der Waals surface area contributed by atoms with Crippen LogP contribution in [-0.2, 0) is 14.0 Å². The van der Waals surface area contributed by atoms with Crippen molar-refractivity contribution < 1.29 is 18.4 Å². The minimum absolute atomic E-state index is 0.0421. The number of allylic oxidation sites excluding steroid dienone is 1. The number of hydrogen-bond acceptors (Lipinski definition) is 4. The minimum Gasteiger partial charge on any atom is -0.467 e. The molecule has 4 nitrogen and oxygen atoms in total. The van der Waals surface area contributed by atoms with E-state index in [0.29, 0.717) is 6.42 Å². The van der Waals surface area contributed by atoms with E-state index in [4.69, 9.17) is 13.6 Å². The number of carbonyl (C=O) groups is 1. The number of furan rings is 1. The van der Waals surface area contributed by atoms with Gasteiger partial charge >= 0.3 is 5.97 Å². The molecule has 0 saturated heterocycles.